The van der Waals surface area contributed by atoms with Crippen molar-refractivity contribution in [3.05, 3.63) is 30.0 Å². The van der Waals surface area contributed by atoms with Gasteiger partial charge in [-0.1, -0.05) is 45.2 Å². The summed E-state index contributed by atoms with van der Waals surface area (Å²) >= 11 is 0. The zero-order valence-corrected chi connectivity index (χ0v) is 17.4. The minimum absolute atomic E-state index is 0.341. The van der Waals surface area contributed by atoms with Crippen LogP contribution in [-0.4, -0.2) is 35.6 Å². The molecule has 0 N–H and O–H groups in total. The predicted octanol–water partition coefficient (Wildman–Crippen LogP) is 4.60. The molecule has 2 heterocycles. The lowest BCUT2D eigenvalue weighted by molar-refractivity contribution is -0.144. The lowest BCUT2D eigenvalue weighted by Gasteiger charge is -2.33. The van der Waals surface area contributed by atoms with Gasteiger partial charge in [0, 0.05) is 13.1 Å². The van der Waals surface area contributed by atoms with E-state index in [-0.39, 0.29) is 0 Å². The molecule has 0 amide bonds. The summed E-state index contributed by atoms with van der Waals surface area (Å²) in [4.78, 5) is 24.4. The number of ether oxygens (including phenoxy) is 1. The van der Waals surface area contributed by atoms with Crippen LogP contribution in [0, 0.1) is 17.2 Å². The summed E-state index contributed by atoms with van der Waals surface area (Å²) in [5.41, 5.74) is 1.88. The number of aromatic nitrogens is 2. The minimum atomic E-state index is -1.06. The Morgan fingerprint density at radius 3 is 2.72 bits per heavy atom. The number of nitriles is 1. The average Bonchev–Trinajstić information content (AvgIpc) is 2.73. The highest BCUT2D eigenvalue weighted by atomic mass is 16.5. The molecule has 0 saturated carbocycles. The van der Waals surface area contributed by atoms with Crippen molar-refractivity contribution in [3.8, 4) is 6.07 Å². The van der Waals surface area contributed by atoms with E-state index in [1.807, 2.05) is 24.3 Å². The number of piperidine rings is 1. The predicted molar refractivity (Wildman–Crippen MR) is 114 cm³/mol. The van der Waals surface area contributed by atoms with E-state index in [1.165, 1.54) is 6.42 Å². The third-order valence-corrected chi connectivity index (χ3v) is 5.42. The summed E-state index contributed by atoms with van der Waals surface area (Å²) in [6, 6.07) is 9.70. The van der Waals surface area contributed by atoms with Crippen LogP contribution in [0.4, 0.5) is 5.82 Å². The van der Waals surface area contributed by atoms with Crippen molar-refractivity contribution in [2.75, 3.05) is 24.6 Å². The highest BCUT2D eigenvalue weighted by Gasteiger charge is 2.31. The molecular formula is C23H30N4O2. The molecule has 0 aliphatic carbocycles. The number of carbonyl (C=O) groups excluding carboxylic acids is 1. The van der Waals surface area contributed by atoms with Crippen LogP contribution in [0.25, 0.3) is 11.0 Å². The van der Waals surface area contributed by atoms with Gasteiger partial charge in [0.25, 0.3) is 0 Å². The smallest absolute Gasteiger partial charge is 0.329 e. The minimum Gasteiger partial charge on any atom is -0.464 e. The van der Waals surface area contributed by atoms with Crippen molar-refractivity contribution in [2.24, 2.45) is 5.92 Å². The molecule has 6 nitrogen and oxygen atoms in total. The van der Waals surface area contributed by atoms with E-state index in [4.69, 9.17) is 14.7 Å². The number of hydrogen-bond donors (Lipinski definition) is 0. The topological polar surface area (TPSA) is 79.1 Å². The molecule has 2 atom stereocenters. The molecule has 0 radical (unpaired) electrons. The first-order valence-corrected chi connectivity index (χ1v) is 10.7. The number of rotatable bonds is 8. The van der Waals surface area contributed by atoms with Crippen LogP contribution < -0.4 is 4.90 Å². The van der Waals surface area contributed by atoms with Crippen molar-refractivity contribution in [1.29, 1.82) is 5.26 Å². The fourth-order valence-corrected chi connectivity index (χ4v) is 3.82. The van der Waals surface area contributed by atoms with Gasteiger partial charge < -0.3 is 9.64 Å². The number of fused-ring (bicyclic) bond motifs is 1. The maximum Gasteiger partial charge on any atom is 0.329 e. The number of esters is 1. The molecule has 6 heteroatoms. The normalized spacial score (nSPS) is 17.7. The van der Waals surface area contributed by atoms with Crippen LogP contribution in [0.3, 0.4) is 0 Å². The Balaban J connectivity index is 1.89. The summed E-state index contributed by atoms with van der Waals surface area (Å²) in [5, 5.41) is 9.80. The Labute approximate surface area is 172 Å². The van der Waals surface area contributed by atoms with Gasteiger partial charge in [0.15, 0.2) is 11.7 Å². The molecular weight excluding hydrogens is 364 g/mol. The molecule has 1 saturated heterocycles. The van der Waals surface area contributed by atoms with Crippen LogP contribution in [0.1, 0.15) is 64.0 Å². The number of unbranched alkanes of at least 4 members (excludes halogenated alkanes) is 3. The van der Waals surface area contributed by atoms with Crippen LogP contribution in [0.2, 0.25) is 0 Å². The van der Waals surface area contributed by atoms with Gasteiger partial charge in [-0.15, -0.1) is 0 Å². The van der Waals surface area contributed by atoms with Crippen LogP contribution >= 0.6 is 0 Å². The zero-order valence-electron chi connectivity index (χ0n) is 17.4. The van der Waals surface area contributed by atoms with Crippen LogP contribution in [-0.2, 0) is 9.53 Å². The van der Waals surface area contributed by atoms with Crippen molar-refractivity contribution in [2.45, 2.75) is 58.3 Å². The first-order chi connectivity index (χ1) is 14.1. The van der Waals surface area contributed by atoms with Crippen LogP contribution in [0.15, 0.2) is 24.3 Å². The fraction of sp³-hybridized carbons (Fsp3) is 0.565. The Bertz CT molecular complexity index is 877. The number of para-hydroxylation sites is 2. The Kier molecular flexibility index (Phi) is 7.40. The van der Waals surface area contributed by atoms with E-state index in [1.54, 1.807) is 0 Å². The number of carbonyl (C=O) groups is 1. The summed E-state index contributed by atoms with van der Waals surface area (Å²) in [7, 11) is 0. The van der Waals surface area contributed by atoms with Crippen LogP contribution in [0.5, 0.6) is 0 Å². The van der Waals surface area contributed by atoms with E-state index in [0.29, 0.717) is 29.6 Å². The molecule has 0 bridgehead atoms. The molecule has 0 unspecified atom stereocenters. The van der Waals surface area contributed by atoms with Gasteiger partial charge in [0.2, 0.25) is 0 Å². The lowest BCUT2D eigenvalue weighted by atomic mass is 9.99. The Morgan fingerprint density at radius 1 is 1.28 bits per heavy atom. The molecule has 0 spiro atoms. The number of hydrogen-bond acceptors (Lipinski definition) is 6. The first-order valence-electron chi connectivity index (χ1n) is 10.7. The first kappa shape index (κ1) is 21.0. The van der Waals surface area contributed by atoms with Crippen molar-refractivity contribution in [3.63, 3.8) is 0 Å². The Morgan fingerprint density at radius 2 is 2.03 bits per heavy atom. The van der Waals surface area contributed by atoms with E-state index in [2.05, 4.69) is 24.8 Å². The quantitative estimate of drug-likeness (QED) is 0.481. The zero-order chi connectivity index (χ0) is 20.6. The van der Waals surface area contributed by atoms with Gasteiger partial charge in [-0.05, 0) is 37.3 Å². The third-order valence-electron chi connectivity index (χ3n) is 5.42. The van der Waals surface area contributed by atoms with Crippen molar-refractivity contribution < 1.29 is 9.53 Å². The molecule has 1 aliphatic rings. The molecule has 1 aromatic carbocycles. The highest BCUT2D eigenvalue weighted by Crippen LogP contribution is 2.30. The number of nitrogens with zero attached hydrogens (tertiary/aromatic N) is 4. The molecule has 154 valence electrons. The Hall–Kier alpha value is -2.68. The second-order valence-electron chi connectivity index (χ2n) is 7.90. The molecule has 1 fully saturated rings. The van der Waals surface area contributed by atoms with Crippen molar-refractivity contribution >= 4 is 22.8 Å². The standard InChI is InChI=1S/C23H30N4O2/c1-3-4-5-8-14-29-23(28)18(15-24)21-22(27-13-9-10-17(2)16-27)26-20-12-7-6-11-19(20)25-21/h6-7,11-12,17-18H,3-5,8-10,13-14,16H2,1-2H3/t17-,18-/m0/s1. The van der Waals surface area contributed by atoms with E-state index in [0.717, 1.165) is 50.7 Å². The number of benzene rings is 1. The van der Waals surface area contributed by atoms with Gasteiger partial charge >= 0.3 is 5.97 Å². The maximum atomic E-state index is 12.7. The molecule has 3 rings (SSSR count). The molecule has 1 aromatic heterocycles. The lowest BCUT2D eigenvalue weighted by Crippen LogP contribution is -2.36. The average molecular weight is 395 g/mol. The summed E-state index contributed by atoms with van der Waals surface area (Å²) in [6.45, 7) is 6.40. The third kappa shape index (κ3) is 5.23. The van der Waals surface area contributed by atoms with Gasteiger partial charge in [-0.2, -0.15) is 5.26 Å². The van der Waals surface area contributed by atoms with Crippen molar-refractivity contribution in [1.82, 2.24) is 9.97 Å². The molecule has 2 aromatic rings. The largest absolute Gasteiger partial charge is 0.464 e. The number of anilines is 1. The second kappa shape index (κ2) is 10.2. The second-order valence-corrected chi connectivity index (χ2v) is 7.90. The summed E-state index contributed by atoms with van der Waals surface area (Å²) in [6.07, 6.45) is 6.32. The van der Waals surface area contributed by atoms with Gasteiger partial charge in [0.05, 0.1) is 23.7 Å². The van der Waals surface area contributed by atoms with E-state index in [9.17, 15) is 10.1 Å². The van der Waals surface area contributed by atoms with E-state index < -0.39 is 11.9 Å². The van der Waals surface area contributed by atoms with Gasteiger partial charge in [-0.25, -0.2) is 9.97 Å². The summed E-state index contributed by atoms with van der Waals surface area (Å²) < 4.78 is 5.42. The highest BCUT2D eigenvalue weighted by molar-refractivity contribution is 5.85. The van der Waals surface area contributed by atoms with Gasteiger partial charge in [0.1, 0.15) is 5.69 Å². The fourth-order valence-electron chi connectivity index (χ4n) is 3.82. The monoisotopic (exact) mass is 394 g/mol. The molecule has 1 aliphatic heterocycles. The maximum absolute atomic E-state index is 12.7. The van der Waals surface area contributed by atoms with Gasteiger partial charge in [-0.3, -0.25) is 4.79 Å². The van der Waals surface area contributed by atoms with E-state index >= 15 is 0 Å². The summed E-state index contributed by atoms with van der Waals surface area (Å²) in [5.74, 6) is -0.411. The molecule has 29 heavy (non-hydrogen) atoms. The SMILES string of the molecule is CCCCCCOC(=O)[C@@H](C#N)c1nc2ccccc2nc1N1CCC[C@H](C)C1.